The number of hydrogen-bond donors (Lipinski definition) is 2. The Morgan fingerprint density at radius 1 is 1.13 bits per heavy atom. The fourth-order valence-corrected chi connectivity index (χ4v) is 4.57. The number of aromatic amines is 1. The van der Waals surface area contributed by atoms with E-state index >= 15 is 0 Å². The number of H-pyrrole nitrogens is 1. The number of halogens is 2. The van der Waals surface area contributed by atoms with E-state index < -0.39 is 5.82 Å². The molecule has 2 aliphatic heterocycles. The van der Waals surface area contributed by atoms with Crippen molar-refractivity contribution >= 4 is 45.5 Å². The first-order valence-corrected chi connectivity index (χ1v) is 11.4. The molecule has 2 saturated heterocycles. The maximum Gasteiger partial charge on any atom is 0.229 e. The SMILES string of the molecule is OCc1cc(-c2nc3nc(N4CCOCC4)nc(N4CCOC[C@@H]4I)c3[nH]2)ccc1F. The van der Waals surface area contributed by atoms with Gasteiger partial charge in [0.2, 0.25) is 5.95 Å². The molecule has 3 aromatic rings. The minimum atomic E-state index is -0.446. The van der Waals surface area contributed by atoms with Gasteiger partial charge in [-0.25, -0.2) is 9.37 Å². The molecule has 0 aliphatic carbocycles. The second-order valence-corrected chi connectivity index (χ2v) is 8.84. The van der Waals surface area contributed by atoms with Crippen molar-refractivity contribution in [3.63, 3.8) is 0 Å². The number of nitrogens with one attached hydrogen (secondary N) is 1. The van der Waals surface area contributed by atoms with Gasteiger partial charge in [0.05, 0.1) is 33.0 Å². The Morgan fingerprint density at radius 2 is 1.94 bits per heavy atom. The van der Waals surface area contributed by atoms with Gasteiger partial charge in [-0.2, -0.15) is 9.97 Å². The molecule has 164 valence electrons. The molecule has 0 spiro atoms. The smallest absolute Gasteiger partial charge is 0.229 e. The lowest BCUT2D eigenvalue weighted by molar-refractivity contribution is 0.118. The number of ether oxygens (including phenoxy) is 2. The van der Waals surface area contributed by atoms with Gasteiger partial charge in [0.15, 0.2) is 11.5 Å². The van der Waals surface area contributed by atoms with Crippen LogP contribution in [0.15, 0.2) is 18.2 Å². The first-order valence-electron chi connectivity index (χ1n) is 10.1. The summed E-state index contributed by atoms with van der Waals surface area (Å²) in [6, 6.07) is 4.57. The van der Waals surface area contributed by atoms with Gasteiger partial charge in [0.25, 0.3) is 0 Å². The van der Waals surface area contributed by atoms with E-state index in [9.17, 15) is 9.50 Å². The van der Waals surface area contributed by atoms with Gasteiger partial charge < -0.3 is 29.4 Å². The molecular formula is C20H22FIN6O3. The molecule has 2 N–H and O–H groups in total. The van der Waals surface area contributed by atoms with Crippen molar-refractivity contribution in [2.45, 2.75) is 10.7 Å². The van der Waals surface area contributed by atoms with E-state index in [1.54, 1.807) is 12.1 Å². The molecule has 1 aromatic carbocycles. The van der Waals surface area contributed by atoms with Crippen molar-refractivity contribution in [3.05, 3.63) is 29.6 Å². The minimum Gasteiger partial charge on any atom is -0.392 e. The van der Waals surface area contributed by atoms with Crippen molar-refractivity contribution in [2.24, 2.45) is 0 Å². The monoisotopic (exact) mass is 540 g/mol. The van der Waals surface area contributed by atoms with E-state index in [0.717, 1.165) is 24.4 Å². The maximum absolute atomic E-state index is 13.9. The van der Waals surface area contributed by atoms with Gasteiger partial charge in [0, 0.05) is 30.8 Å². The average Bonchev–Trinajstić information content (AvgIpc) is 3.24. The van der Waals surface area contributed by atoms with Crippen molar-refractivity contribution in [3.8, 4) is 11.4 Å². The Bertz CT molecular complexity index is 1090. The van der Waals surface area contributed by atoms with Crippen molar-refractivity contribution in [1.82, 2.24) is 19.9 Å². The lowest BCUT2D eigenvalue weighted by Crippen LogP contribution is -2.43. The number of hydrogen-bond acceptors (Lipinski definition) is 8. The Balaban J connectivity index is 1.63. The quantitative estimate of drug-likeness (QED) is 0.295. The molecule has 11 heteroatoms. The molecule has 4 heterocycles. The third-order valence-electron chi connectivity index (χ3n) is 5.45. The molecule has 0 radical (unpaired) electrons. The number of alkyl halides is 1. The number of anilines is 2. The first-order chi connectivity index (χ1) is 15.1. The van der Waals surface area contributed by atoms with Gasteiger partial charge in [-0.05, 0) is 18.2 Å². The summed E-state index contributed by atoms with van der Waals surface area (Å²) >= 11 is 2.36. The van der Waals surface area contributed by atoms with Crippen LogP contribution in [0.3, 0.4) is 0 Å². The van der Waals surface area contributed by atoms with Gasteiger partial charge in [-0.1, -0.05) is 22.6 Å². The third kappa shape index (κ3) is 4.06. The molecule has 2 fully saturated rings. The highest BCUT2D eigenvalue weighted by Gasteiger charge is 2.27. The molecule has 0 unspecified atom stereocenters. The number of benzene rings is 1. The van der Waals surface area contributed by atoms with Crippen LogP contribution in [-0.4, -0.2) is 75.2 Å². The standard InChI is InChI=1S/C20H22FIN6O3/c21-14-2-1-12(9-13(14)10-29)17-23-16-18(24-17)25-20(27-3-6-30-7-4-27)26-19(16)28-5-8-31-11-15(28)22/h1-2,9,15,29H,3-8,10-11H2,(H,23,24,25,26)/t15-/m1/s1. The van der Waals surface area contributed by atoms with Crippen molar-refractivity contribution in [2.75, 3.05) is 55.9 Å². The van der Waals surface area contributed by atoms with E-state index in [1.165, 1.54) is 6.07 Å². The summed E-state index contributed by atoms with van der Waals surface area (Å²) in [7, 11) is 0. The first kappa shape index (κ1) is 20.8. The zero-order valence-electron chi connectivity index (χ0n) is 16.7. The minimum absolute atomic E-state index is 0.126. The molecule has 9 nitrogen and oxygen atoms in total. The fraction of sp³-hybridized carbons (Fsp3) is 0.450. The molecule has 2 aliphatic rings. The molecule has 0 bridgehead atoms. The van der Waals surface area contributed by atoms with Gasteiger partial charge in [-0.3, -0.25) is 0 Å². The van der Waals surface area contributed by atoms with Crippen LogP contribution in [0, 0.1) is 5.82 Å². The topological polar surface area (TPSA) is 99.6 Å². The summed E-state index contributed by atoms with van der Waals surface area (Å²) in [5.41, 5.74) is 2.17. The fourth-order valence-electron chi connectivity index (χ4n) is 3.78. The summed E-state index contributed by atoms with van der Waals surface area (Å²) in [6.07, 6.45) is 0. The molecule has 31 heavy (non-hydrogen) atoms. The highest BCUT2D eigenvalue weighted by Crippen LogP contribution is 2.32. The van der Waals surface area contributed by atoms with Crippen LogP contribution < -0.4 is 9.80 Å². The van der Waals surface area contributed by atoms with Gasteiger partial charge >= 0.3 is 0 Å². The Kier molecular flexibility index (Phi) is 5.91. The lowest BCUT2D eigenvalue weighted by atomic mass is 10.1. The number of aliphatic hydroxyl groups is 1. The van der Waals surface area contributed by atoms with Crippen molar-refractivity contribution in [1.29, 1.82) is 0 Å². The highest BCUT2D eigenvalue weighted by atomic mass is 127. The predicted octanol–water partition coefficient (Wildman–Crippen LogP) is 2.09. The molecule has 2 aromatic heterocycles. The number of morpholine rings is 2. The van der Waals surface area contributed by atoms with Crippen molar-refractivity contribution < 1.29 is 19.0 Å². The second kappa shape index (κ2) is 8.81. The van der Waals surface area contributed by atoms with Crippen LogP contribution >= 0.6 is 22.6 Å². The van der Waals surface area contributed by atoms with E-state index in [0.29, 0.717) is 56.0 Å². The Hall–Kier alpha value is -2.09. The number of fused-ring (bicyclic) bond motifs is 1. The molecular weight excluding hydrogens is 518 g/mol. The number of imidazole rings is 1. The summed E-state index contributed by atoms with van der Waals surface area (Å²) in [6.45, 7) is 4.27. The summed E-state index contributed by atoms with van der Waals surface area (Å²) < 4.78 is 25.0. The zero-order chi connectivity index (χ0) is 21.4. The van der Waals surface area contributed by atoms with Gasteiger partial charge in [0.1, 0.15) is 21.2 Å². The van der Waals surface area contributed by atoms with E-state index in [2.05, 4.69) is 37.4 Å². The second-order valence-electron chi connectivity index (χ2n) is 7.40. The Morgan fingerprint density at radius 3 is 2.71 bits per heavy atom. The van der Waals surface area contributed by atoms with E-state index in [1.807, 2.05) is 0 Å². The summed E-state index contributed by atoms with van der Waals surface area (Å²) in [4.78, 5) is 22.0. The number of nitrogens with zero attached hydrogens (tertiary/aromatic N) is 5. The predicted molar refractivity (Wildman–Crippen MR) is 122 cm³/mol. The lowest BCUT2D eigenvalue weighted by Gasteiger charge is -2.34. The highest BCUT2D eigenvalue weighted by molar-refractivity contribution is 14.1. The summed E-state index contributed by atoms with van der Waals surface area (Å²) in [5.74, 6) is 1.50. The molecule has 0 saturated carbocycles. The van der Waals surface area contributed by atoms with Crippen LogP contribution in [-0.2, 0) is 16.1 Å². The van der Waals surface area contributed by atoms with Crippen LogP contribution in [0.5, 0.6) is 0 Å². The zero-order valence-corrected chi connectivity index (χ0v) is 18.9. The largest absolute Gasteiger partial charge is 0.392 e. The molecule has 1 atom stereocenters. The number of aliphatic hydroxyl groups excluding tert-OH is 1. The normalized spacial score (nSPS) is 19.9. The van der Waals surface area contributed by atoms with Crippen LogP contribution in [0.2, 0.25) is 0 Å². The molecule has 5 rings (SSSR count). The number of rotatable bonds is 4. The van der Waals surface area contributed by atoms with Gasteiger partial charge in [-0.15, -0.1) is 0 Å². The van der Waals surface area contributed by atoms with E-state index in [-0.39, 0.29) is 16.2 Å². The average molecular weight is 540 g/mol. The summed E-state index contributed by atoms with van der Waals surface area (Å²) in [5, 5.41) is 9.43. The maximum atomic E-state index is 13.9. The van der Waals surface area contributed by atoms with Crippen LogP contribution in [0.1, 0.15) is 5.56 Å². The molecule has 0 amide bonds. The van der Waals surface area contributed by atoms with Crippen LogP contribution in [0.25, 0.3) is 22.6 Å². The third-order valence-corrected chi connectivity index (χ3v) is 6.48. The number of aromatic nitrogens is 4. The van der Waals surface area contributed by atoms with Crippen LogP contribution in [0.4, 0.5) is 16.2 Å². The Labute approximate surface area is 191 Å². The van der Waals surface area contributed by atoms with E-state index in [4.69, 9.17) is 24.4 Å².